The van der Waals surface area contributed by atoms with E-state index in [4.69, 9.17) is 0 Å². The van der Waals surface area contributed by atoms with Crippen LogP contribution in [0.15, 0.2) is 0 Å². The van der Waals surface area contributed by atoms with E-state index in [0.717, 1.165) is 11.8 Å². The van der Waals surface area contributed by atoms with Crippen LogP contribution >= 0.6 is 12.6 Å². The quantitative estimate of drug-likeness (QED) is 0.645. The molecule has 0 aliphatic heterocycles. The Balaban J connectivity index is 2.30. The highest BCUT2D eigenvalue weighted by Crippen LogP contribution is 2.34. The van der Waals surface area contributed by atoms with E-state index in [1.165, 1.54) is 38.5 Å². The molecule has 1 saturated carbocycles. The molecule has 0 saturated heterocycles. The average molecular weight is 200 g/mol. The lowest BCUT2D eigenvalue weighted by Crippen LogP contribution is -2.25. The fraction of sp³-hybridized carbons (Fsp3) is 1.00. The van der Waals surface area contributed by atoms with Gasteiger partial charge < -0.3 is 0 Å². The molecule has 1 fully saturated rings. The molecule has 0 aromatic rings. The molecular formula is C12H24S. The smallest absolute Gasteiger partial charge is 0.00988 e. The minimum absolute atomic E-state index is 0.206. The molecule has 1 aliphatic carbocycles. The third kappa shape index (κ3) is 3.93. The molecule has 78 valence electrons. The average Bonchev–Trinajstić information content (AvgIpc) is 2.04. The minimum atomic E-state index is 0.206. The third-order valence-corrected chi connectivity index (χ3v) is 4.06. The SMILES string of the molecule is CC(CC1CCCCC1)C(C)(C)S. The highest BCUT2D eigenvalue weighted by atomic mass is 32.1. The maximum Gasteiger partial charge on any atom is 0.00988 e. The molecule has 0 heterocycles. The number of rotatable bonds is 3. The monoisotopic (exact) mass is 200 g/mol. The lowest BCUT2D eigenvalue weighted by Gasteiger charge is -2.31. The summed E-state index contributed by atoms with van der Waals surface area (Å²) < 4.78 is 0.206. The van der Waals surface area contributed by atoms with Gasteiger partial charge in [0.2, 0.25) is 0 Å². The van der Waals surface area contributed by atoms with Crippen LogP contribution in [0.2, 0.25) is 0 Å². The summed E-state index contributed by atoms with van der Waals surface area (Å²) in [6, 6.07) is 0. The predicted molar refractivity (Wildman–Crippen MR) is 63.4 cm³/mol. The van der Waals surface area contributed by atoms with Crippen LogP contribution in [0.25, 0.3) is 0 Å². The van der Waals surface area contributed by atoms with Crippen LogP contribution < -0.4 is 0 Å². The summed E-state index contributed by atoms with van der Waals surface area (Å²) in [6.45, 7) is 6.83. The number of hydrogen-bond donors (Lipinski definition) is 1. The zero-order valence-corrected chi connectivity index (χ0v) is 10.2. The van der Waals surface area contributed by atoms with E-state index >= 15 is 0 Å². The van der Waals surface area contributed by atoms with Gasteiger partial charge in [-0.05, 0) is 18.3 Å². The minimum Gasteiger partial charge on any atom is -0.173 e. The van der Waals surface area contributed by atoms with Crippen molar-refractivity contribution >= 4 is 12.6 Å². The first-order chi connectivity index (χ1) is 6.00. The Hall–Kier alpha value is 0.350. The van der Waals surface area contributed by atoms with E-state index in [9.17, 15) is 0 Å². The zero-order valence-electron chi connectivity index (χ0n) is 9.34. The Morgan fingerprint density at radius 1 is 1.23 bits per heavy atom. The van der Waals surface area contributed by atoms with Crippen molar-refractivity contribution in [2.24, 2.45) is 11.8 Å². The molecule has 1 unspecified atom stereocenters. The number of thiol groups is 1. The van der Waals surface area contributed by atoms with Crippen LogP contribution in [0, 0.1) is 11.8 Å². The van der Waals surface area contributed by atoms with Crippen LogP contribution in [0.4, 0.5) is 0 Å². The highest BCUT2D eigenvalue weighted by Gasteiger charge is 2.25. The first-order valence-corrected chi connectivity index (χ1v) is 6.17. The van der Waals surface area contributed by atoms with E-state index in [0.29, 0.717) is 0 Å². The van der Waals surface area contributed by atoms with Gasteiger partial charge in [0.25, 0.3) is 0 Å². The molecule has 1 atom stereocenters. The largest absolute Gasteiger partial charge is 0.173 e. The standard InChI is InChI=1S/C12H24S/c1-10(12(2,3)13)9-11-7-5-4-6-8-11/h10-11,13H,4-9H2,1-3H3. The molecule has 0 amide bonds. The zero-order chi connectivity index (χ0) is 9.90. The summed E-state index contributed by atoms with van der Waals surface area (Å²) in [5.41, 5.74) is 0. The highest BCUT2D eigenvalue weighted by molar-refractivity contribution is 7.81. The van der Waals surface area contributed by atoms with Crippen LogP contribution in [-0.4, -0.2) is 4.75 Å². The van der Waals surface area contributed by atoms with Gasteiger partial charge in [0.15, 0.2) is 0 Å². The molecule has 0 nitrogen and oxygen atoms in total. The van der Waals surface area contributed by atoms with Crippen LogP contribution in [0.5, 0.6) is 0 Å². The van der Waals surface area contributed by atoms with Crippen molar-refractivity contribution < 1.29 is 0 Å². The van der Waals surface area contributed by atoms with Gasteiger partial charge in [-0.25, -0.2) is 0 Å². The second-order valence-electron chi connectivity index (χ2n) is 5.29. The van der Waals surface area contributed by atoms with E-state index < -0.39 is 0 Å². The Kier molecular flexibility index (Phi) is 4.15. The van der Waals surface area contributed by atoms with Gasteiger partial charge in [-0.2, -0.15) is 12.6 Å². The molecule has 1 heteroatoms. The van der Waals surface area contributed by atoms with E-state index in [-0.39, 0.29) is 4.75 Å². The Labute approximate surface area is 88.9 Å². The Bertz CT molecular complexity index is 140. The van der Waals surface area contributed by atoms with Crippen molar-refractivity contribution in [3.05, 3.63) is 0 Å². The van der Waals surface area contributed by atoms with E-state index in [1.54, 1.807) is 0 Å². The number of hydrogen-bond acceptors (Lipinski definition) is 1. The summed E-state index contributed by atoms with van der Waals surface area (Å²) in [7, 11) is 0. The van der Waals surface area contributed by atoms with Gasteiger partial charge >= 0.3 is 0 Å². The van der Waals surface area contributed by atoms with Crippen molar-refractivity contribution in [3.8, 4) is 0 Å². The molecule has 0 N–H and O–H groups in total. The van der Waals surface area contributed by atoms with Crippen LogP contribution in [-0.2, 0) is 0 Å². The molecule has 1 aliphatic rings. The molecule has 0 bridgehead atoms. The molecule has 0 aromatic heterocycles. The predicted octanol–water partition coefficient (Wildman–Crippen LogP) is 4.30. The molecular weight excluding hydrogens is 176 g/mol. The second-order valence-corrected chi connectivity index (χ2v) is 6.45. The first-order valence-electron chi connectivity index (χ1n) is 5.72. The third-order valence-electron chi connectivity index (χ3n) is 3.62. The maximum atomic E-state index is 4.65. The van der Waals surface area contributed by atoms with Crippen molar-refractivity contribution in [1.82, 2.24) is 0 Å². The molecule has 1 rings (SSSR count). The second kappa shape index (κ2) is 4.72. The Morgan fingerprint density at radius 3 is 2.23 bits per heavy atom. The summed E-state index contributed by atoms with van der Waals surface area (Å²) in [5.74, 6) is 1.74. The van der Waals surface area contributed by atoms with Crippen molar-refractivity contribution in [2.45, 2.75) is 64.0 Å². The van der Waals surface area contributed by atoms with Gasteiger partial charge in [0.1, 0.15) is 0 Å². The fourth-order valence-corrected chi connectivity index (χ4v) is 2.32. The molecule has 0 spiro atoms. The van der Waals surface area contributed by atoms with E-state index in [1.807, 2.05) is 0 Å². The van der Waals surface area contributed by atoms with Gasteiger partial charge in [0.05, 0.1) is 0 Å². The van der Waals surface area contributed by atoms with Crippen LogP contribution in [0.1, 0.15) is 59.3 Å². The molecule has 0 aromatic carbocycles. The fourth-order valence-electron chi connectivity index (χ4n) is 2.21. The lowest BCUT2D eigenvalue weighted by molar-refractivity contribution is 0.275. The topological polar surface area (TPSA) is 0 Å². The summed E-state index contributed by atoms with van der Waals surface area (Å²) in [5, 5.41) is 0. The van der Waals surface area contributed by atoms with Crippen LogP contribution in [0.3, 0.4) is 0 Å². The van der Waals surface area contributed by atoms with Gasteiger partial charge in [0, 0.05) is 4.75 Å². The van der Waals surface area contributed by atoms with Crippen molar-refractivity contribution in [1.29, 1.82) is 0 Å². The summed E-state index contributed by atoms with van der Waals surface area (Å²) in [4.78, 5) is 0. The van der Waals surface area contributed by atoms with E-state index in [2.05, 4.69) is 33.4 Å². The first kappa shape index (κ1) is 11.4. The lowest BCUT2D eigenvalue weighted by atomic mass is 9.80. The summed E-state index contributed by atoms with van der Waals surface area (Å²) in [6.07, 6.45) is 8.71. The normalized spacial score (nSPS) is 23.1. The van der Waals surface area contributed by atoms with Gasteiger partial charge in [-0.3, -0.25) is 0 Å². The van der Waals surface area contributed by atoms with Crippen molar-refractivity contribution in [2.75, 3.05) is 0 Å². The van der Waals surface area contributed by atoms with Crippen molar-refractivity contribution in [3.63, 3.8) is 0 Å². The molecule has 13 heavy (non-hydrogen) atoms. The summed E-state index contributed by atoms with van der Waals surface area (Å²) >= 11 is 4.65. The van der Waals surface area contributed by atoms with Gasteiger partial charge in [-0.1, -0.05) is 52.9 Å². The maximum absolute atomic E-state index is 4.65. The van der Waals surface area contributed by atoms with Gasteiger partial charge in [-0.15, -0.1) is 0 Å². The Morgan fingerprint density at radius 2 is 1.77 bits per heavy atom. The molecule has 0 radical (unpaired) electrons.